The van der Waals surface area contributed by atoms with Crippen LogP contribution in [-0.2, 0) is 4.79 Å². The van der Waals surface area contributed by atoms with Gasteiger partial charge in [-0.2, -0.15) is 5.26 Å². The van der Waals surface area contributed by atoms with Gasteiger partial charge >= 0.3 is 0 Å². The number of nitrogens with one attached hydrogen (secondary N) is 1. The van der Waals surface area contributed by atoms with Gasteiger partial charge in [0.15, 0.2) is 0 Å². The minimum atomic E-state index is -0.924. The Bertz CT molecular complexity index is 252. The summed E-state index contributed by atoms with van der Waals surface area (Å²) in [4.78, 5) is 12.0. The number of carbonyl (C=O) groups is 1. The molecule has 0 saturated carbocycles. The number of rotatable bonds is 7. The minimum absolute atomic E-state index is 0.106. The van der Waals surface area contributed by atoms with E-state index in [9.17, 15) is 10.1 Å². The van der Waals surface area contributed by atoms with Crippen molar-refractivity contribution in [1.82, 2.24) is 5.32 Å². The van der Waals surface area contributed by atoms with Crippen LogP contribution in [-0.4, -0.2) is 23.7 Å². The lowest BCUT2D eigenvalue weighted by Crippen LogP contribution is -2.45. The lowest BCUT2D eigenvalue weighted by Gasteiger charge is -2.26. The third kappa shape index (κ3) is 3.82. The second-order valence-electron chi connectivity index (χ2n) is 4.25. The predicted octanol–water partition coefficient (Wildman–Crippen LogP) is 1.59. The van der Waals surface area contributed by atoms with Crippen LogP contribution in [0.4, 0.5) is 0 Å². The van der Waals surface area contributed by atoms with Crippen LogP contribution in [0.1, 0.15) is 46.5 Å². The molecule has 4 heteroatoms. The van der Waals surface area contributed by atoms with Crippen LogP contribution in [0.5, 0.6) is 0 Å². The third-order valence-electron chi connectivity index (χ3n) is 2.65. The quantitative estimate of drug-likeness (QED) is 0.692. The van der Waals surface area contributed by atoms with Crippen LogP contribution in [0.2, 0.25) is 0 Å². The number of nitriles is 1. The highest BCUT2D eigenvalue weighted by Gasteiger charge is 2.37. The van der Waals surface area contributed by atoms with Crippen molar-refractivity contribution < 1.29 is 9.90 Å². The van der Waals surface area contributed by atoms with Gasteiger partial charge in [-0.3, -0.25) is 4.79 Å². The standard InChI is InChI=1S/C12H22N2O2/c1-4-6-12(9-13,7-5-2)11(16)14-10(3)8-15/h10,15H,4-8H2,1-3H3,(H,14,16)/t10-/m1/s1. The highest BCUT2D eigenvalue weighted by Crippen LogP contribution is 2.29. The van der Waals surface area contributed by atoms with Crippen LogP contribution in [0.25, 0.3) is 0 Å². The van der Waals surface area contributed by atoms with Crippen molar-refractivity contribution in [3.8, 4) is 6.07 Å². The maximum atomic E-state index is 12.0. The van der Waals surface area contributed by atoms with Crippen molar-refractivity contribution in [3.05, 3.63) is 0 Å². The summed E-state index contributed by atoms with van der Waals surface area (Å²) in [5.41, 5.74) is -0.924. The first-order valence-electron chi connectivity index (χ1n) is 5.89. The molecule has 0 unspecified atom stereocenters. The fourth-order valence-electron chi connectivity index (χ4n) is 1.78. The van der Waals surface area contributed by atoms with Crippen molar-refractivity contribution in [1.29, 1.82) is 5.26 Å². The molecular weight excluding hydrogens is 204 g/mol. The maximum Gasteiger partial charge on any atom is 0.240 e. The molecule has 0 bridgehead atoms. The van der Waals surface area contributed by atoms with Crippen LogP contribution in [0.3, 0.4) is 0 Å². The Morgan fingerprint density at radius 1 is 1.44 bits per heavy atom. The fraction of sp³-hybridized carbons (Fsp3) is 0.833. The molecule has 4 nitrogen and oxygen atoms in total. The average Bonchev–Trinajstić information content (AvgIpc) is 2.28. The Morgan fingerprint density at radius 2 is 1.94 bits per heavy atom. The molecule has 0 aliphatic carbocycles. The number of carbonyl (C=O) groups excluding carboxylic acids is 1. The Labute approximate surface area is 97.7 Å². The summed E-state index contributed by atoms with van der Waals surface area (Å²) in [6, 6.07) is 1.86. The van der Waals surface area contributed by atoms with E-state index in [2.05, 4.69) is 11.4 Å². The van der Waals surface area contributed by atoms with Gasteiger partial charge in [-0.05, 0) is 19.8 Å². The Balaban J connectivity index is 4.74. The summed E-state index contributed by atoms with van der Waals surface area (Å²) in [7, 11) is 0. The van der Waals surface area contributed by atoms with Crippen LogP contribution < -0.4 is 5.32 Å². The van der Waals surface area contributed by atoms with E-state index in [0.717, 1.165) is 12.8 Å². The average molecular weight is 226 g/mol. The van der Waals surface area contributed by atoms with E-state index in [1.165, 1.54) is 0 Å². The summed E-state index contributed by atoms with van der Waals surface area (Å²) >= 11 is 0. The smallest absolute Gasteiger partial charge is 0.240 e. The van der Waals surface area contributed by atoms with Crippen molar-refractivity contribution in [3.63, 3.8) is 0 Å². The molecule has 0 rings (SSSR count). The molecule has 16 heavy (non-hydrogen) atoms. The van der Waals surface area contributed by atoms with Gasteiger partial charge in [0, 0.05) is 6.04 Å². The second kappa shape index (κ2) is 7.24. The molecule has 2 N–H and O–H groups in total. The summed E-state index contributed by atoms with van der Waals surface area (Å²) in [6.07, 6.45) is 2.74. The first-order valence-corrected chi connectivity index (χ1v) is 5.89. The van der Waals surface area contributed by atoms with Crippen LogP contribution in [0, 0.1) is 16.7 Å². The highest BCUT2D eigenvalue weighted by molar-refractivity contribution is 5.85. The minimum Gasteiger partial charge on any atom is -0.394 e. The van der Waals surface area contributed by atoms with Gasteiger partial charge in [-0.1, -0.05) is 26.7 Å². The number of amides is 1. The molecule has 0 fully saturated rings. The molecule has 1 amide bonds. The topological polar surface area (TPSA) is 73.1 Å². The molecule has 0 heterocycles. The number of hydrogen-bond acceptors (Lipinski definition) is 3. The van der Waals surface area contributed by atoms with Gasteiger partial charge in [0.1, 0.15) is 5.41 Å². The molecule has 92 valence electrons. The first kappa shape index (κ1) is 14.9. The van der Waals surface area contributed by atoms with Crippen molar-refractivity contribution in [2.45, 2.75) is 52.5 Å². The first-order chi connectivity index (χ1) is 7.56. The Hall–Kier alpha value is -1.08. The summed E-state index contributed by atoms with van der Waals surface area (Å²) in [5, 5.41) is 20.8. The van der Waals surface area contributed by atoms with E-state index in [4.69, 9.17) is 5.11 Å². The largest absolute Gasteiger partial charge is 0.394 e. The molecule has 1 atom stereocenters. The van der Waals surface area contributed by atoms with Gasteiger partial charge in [0.05, 0.1) is 12.7 Å². The molecular formula is C12H22N2O2. The Morgan fingerprint density at radius 3 is 2.25 bits per heavy atom. The molecule has 0 aromatic carbocycles. The molecule has 0 radical (unpaired) electrons. The van der Waals surface area contributed by atoms with Gasteiger partial charge in [0.2, 0.25) is 5.91 Å². The predicted molar refractivity (Wildman–Crippen MR) is 62.6 cm³/mol. The SMILES string of the molecule is CCCC(C#N)(CCC)C(=O)N[C@H](C)CO. The maximum absolute atomic E-state index is 12.0. The van der Waals surface area contributed by atoms with Crippen molar-refractivity contribution >= 4 is 5.91 Å². The van der Waals surface area contributed by atoms with Crippen LogP contribution >= 0.6 is 0 Å². The molecule has 0 aliphatic heterocycles. The molecule has 0 aliphatic rings. The zero-order valence-corrected chi connectivity index (χ0v) is 10.4. The van der Waals surface area contributed by atoms with E-state index in [0.29, 0.717) is 12.8 Å². The number of hydrogen-bond donors (Lipinski definition) is 2. The molecule has 0 aromatic rings. The van der Waals surface area contributed by atoms with Crippen LogP contribution in [0.15, 0.2) is 0 Å². The monoisotopic (exact) mass is 226 g/mol. The van der Waals surface area contributed by atoms with E-state index in [1.54, 1.807) is 6.92 Å². The van der Waals surface area contributed by atoms with Gasteiger partial charge in [-0.25, -0.2) is 0 Å². The zero-order valence-electron chi connectivity index (χ0n) is 10.4. The number of aliphatic hydroxyl groups is 1. The number of nitrogens with zero attached hydrogens (tertiary/aromatic N) is 1. The molecule has 0 spiro atoms. The lowest BCUT2D eigenvalue weighted by molar-refractivity contribution is -0.129. The van der Waals surface area contributed by atoms with Gasteiger partial charge in [-0.15, -0.1) is 0 Å². The van der Waals surface area contributed by atoms with E-state index < -0.39 is 5.41 Å². The van der Waals surface area contributed by atoms with Crippen molar-refractivity contribution in [2.24, 2.45) is 5.41 Å². The molecule has 0 aromatic heterocycles. The zero-order chi connectivity index (χ0) is 12.6. The Kier molecular flexibility index (Phi) is 6.75. The summed E-state index contributed by atoms with van der Waals surface area (Å²) in [6.45, 7) is 5.54. The van der Waals surface area contributed by atoms with Gasteiger partial charge < -0.3 is 10.4 Å². The highest BCUT2D eigenvalue weighted by atomic mass is 16.3. The summed E-state index contributed by atoms with van der Waals surface area (Å²) in [5.74, 6) is -0.250. The second-order valence-corrected chi connectivity index (χ2v) is 4.25. The van der Waals surface area contributed by atoms with Gasteiger partial charge in [0.25, 0.3) is 0 Å². The van der Waals surface area contributed by atoms with E-state index >= 15 is 0 Å². The van der Waals surface area contributed by atoms with E-state index in [1.807, 2.05) is 13.8 Å². The summed E-state index contributed by atoms with van der Waals surface area (Å²) < 4.78 is 0. The normalized spacial score (nSPS) is 12.9. The van der Waals surface area contributed by atoms with Crippen molar-refractivity contribution in [2.75, 3.05) is 6.61 Å². The third-order valence-corrected chi connectivity index (χ3v) is 2.65. The fourth-order valence-corrected chi connectivity index (χ4v) is 1.78. The molecule has 0 saturated heterocycles. The number of aliphatic hydroxyl groups excluding tert-OH is 1. The lowest BCUT2D eigenvalue weighted by atomic mass is 9.79. The van der Waals surface area contributed by atoms with E-state index in [-0.39, 0.29) is 18.6 Å².